The molecule has 0 aliphatic carbocycles. The molecule has 0 fully saturated rings. The topological polar surface area (TPSA) is 60.3 Å². The molecule has 0 aliphatic rings. The van der Waals surface area contributed by atoms with E-state index in [9.17, 15) is 4.79 Å². The van der Waals surface area contributed by atoms with Crippen molar-refractivity contribution in [2.45, 2.75) is 6.92 Å². The van der Waals surface area contributed by atoms with Crippen LogP contribution in [0.2, 0.25) is 0 Å². The lowest BCUT2D eigenvalue weighted by atomic mass is 10.1. The first-order valence-corrected chi connectivity index (χ1v) is 5.97. The zero-order valence-corrected chi connectivity index (χ0v) is 11.2. The molecular formula is C13H16N4O2. The van der Waals surface area contributed by atoms with Crippen LogP contribution in [0, 0.1) is 0 Å². The first-order chi connectivity index (χ1) is 9.13. The summed E-state index contributed by atoms with van der Waals surface area (Å²) in [6, 6.07) is 5.56. The molecule has 0 spiro atoms. The highest BCUT2D eigenvalue weighted by Gasteiger charge is 2.15. The molecule has 2 rings (SSSR count). The van der Waals surface area contributed by atoms with Crippen molar-refractivity contribution in [3.8, 4) is 5.69 Å². The van der Waals surface area contributed by atoms with E-state index in [0.29, 0.717) is 12.2 Å². The summed E-state index contributed by atoms with van der Waals surface area (Å²) in [5, 5.41) is 7.51. The lowest BCUT2D eigenvalue weighted by molar-refractivity contribution is 0.0527. The molecule has 0 radical (unpaired) electrons. The summed E-state index contributed by atoms with van der Waals surface area (Å²) in [6.45, 7) is 2.14. The average Bonchev–Trinajstić information content (AvgIpc) is 2.92. The van der Waals surface area contributed by atoms with Gasteiger partial charge in [-0.25, -0.2) is 4.79 Å². The van der Waals surface area contributed by atoms with Crippen molar-refractivity contribution in [3.05, 3.63) is 36.4 Å². The molecule has 0 saturated heterocycles. The van der Waals surface area contributed by atoms with Gasteiger partial charge < -0.3 is 9.64 Å². The van der Waals surface area contributed by atoms with Crippen LogP contribution in [0.25, 0.3) is 5.69 Å². The Morgan fingerprint density at radius 1 is 1.32 bits per heavy atom. The Kier molecular flexibility index (Phi) is 3.79. The quantitative estimate of drug-likeness (QED) is 0.780. The monoisotopic (exact) mass is 260 g/mol. The van der Waals surface area contributed by atoms with Crippen LogP contribution < -0.4 is 4.90 Å². The predicted octanol–water partition coefficient (Wildman–Crippen LogP) is 1.51. The summed E-state index contributed by atoms with van der Waals surface area (Å²) in [6.07, 6.45) is 3.17. The minimum atomic E-state index is -0.332. The van der Waals surface area contributed by atoms with E-state index in [-0.39, 0.29) is 5.97 Å². The first kappa shape index (κ1) is 13.1. The van der Waals surface area contributed by atoms with Crippen LogP contribution in [0.1, 0.15) is 17.3 Å². The molecular weight excluding hydrogens is 244 g/mol. The molecule has 0 aliphatic heterocycles. The van der Waals surface area contributed by atoms with E-state index in [2.05, 4.69) is 10.2 Å². The summed E-state index contributed by atoms with van der Waals surface area (Å²) in [5.41, 5.74) is 2.16. The Labute approximate surface area is 111 Å². The van der Waals surface area contributed by atoms with Gasteiger partial charge in [-0.05, 0) is 25.1 Å². The predicted molar refractivity (Wildman–Crippen MR) is 71.6 cm³/mol. The van der Waals surface area contributed by atoms with Crippen molar-refractivity contribution in [1.82, 2.24) is 14.8 Å². The molecule has 0 amide bonds. The number of benzene rings is 1. The van der Waals surface area contributed by atoms with Crippen molar-refractivity contribution >= 4 is 11.7 Å². The summed E-state index contributed by atoms with van der Waals surface area (Å²) in [7, 11) is 3.77. The average molecular weight is 260 g/mol. The summed E-state index contributed by atoms with van der Waals surface area (Å²) >= 11 is 0. The number of esters is 1. The van der Waals surface area contributed by atoms with E-state index in [4.69, 9.17) is 4.74 Å². The van der Waals surface area contributed by atoms with Gasteiger partial charge in [0.1, 0.15) is 12.7 Å². The fraction of sp³-hybridized carbons (Fsp3) is 0.308. The lowest BCUT2D eigenvalue weighted by Gasteiger charge is -2.17. The molecule has 0 atom stereocenters. The van der Waals surface area contributed by atoms with Gasteiger partial charge in [-0.15, -0.1) is 10.2 Å². The number of hydrogen-bond acceptors (Lipinski definition) is 5. The van der Waals surface area contributed by atoms with E-state index in [1.807, 2.05) is 31.1 Å². The molecule has 0 unspecified atom stereocenters. The second kappa shape index (κ2) is 5.51. The SMILES string of the molecule is CCOC(=O)c1cc(-n2cnnc2)ccc1N(C)C. The van der Waals surface area contributed by atoms with Gasteiger partial charge in [0.2, 0.25) is 0 Å². The zero-order valence-electron chi connectivity index (χ0n) is 11.2. The Morgan fingerprint density at radius 2 is 2.00 bits per heavy atom. The zero-order chi connectivity index (χ0) is 13.8. The number of carbonyl (C=O) groups excluding carboxylic acids is 1. The largest absolute Gasteiger partial charge is 0.462 e. The number of nitrogens with zero attached hydrogens (tertiary/aromatic N) is 4. The highest BCUT2D eigenvalue weighted by Crippen LogP contribution is 2.23. The maximum absolute atomic E-state index is 12.0. The third-order valence-electron chi connectivity index (χ3n) is 2.67. The van der Waals surface area contributed by atoms with Crippen LogP contribution in [0.3, 0.4) is 0 Å². The molecule has 19 heavy (non-hydrogen) atoms. The van der Waals surface area contributed by atoms with Crippen LogP contribution in [0.5, 0.6) is 0 Å². The molecule has 2 aromatic rings. The van der Waals surface area contributed by atoms with Crippen LogP contribution in [-0.2, 0) is 4.74 Å². The minimum Gasteiger partial charge on any atom is -0.462 e. The second-order valence-electron chi connectivity index (χ2n) is 4.19. The van der Waals surface area contributed by atoms with Gasteiger partial charge >= 0.3 is 5.97 Å². The van der Waals surface area contributed by atoms with E-state index >= 15 is 0 Å². The Hall–Kier alpha value is -2.37. The first-order valence-electron chi connectivity index (χ1n) is 5.97. The molecule has 1 heterocycles. The van der Waals surface area contributed by atoms with Crippen molar-refractivity contribution in [1.29, 1.82) is 0 Å². The summed E-state index contributed by atoms with van der Waals surface area (Å²) < 4.78 is 6.82. The van der Waals surface area contributed by atoms with Crippen LogP contribution >= 0.6 is 0 Å². The fourth-order valence-electron chi connectivity index (χ4n) is 1.78. The van der Waals surface area contributed by atoms with Gasteiger partial charge in [0, 0.05) is 19.8 Å². The van der Waals surface area contributed by atoms with Crippen LogP contribution in [0.4, 0.5) is 5.69 Å². The Bertz CT molecular complexity index is 564. The normalized spacial score (nSPS) is 10.3. The number of ether oxygens (including phenoxy) is 1. The highest BCUT2D eigenvalue weighted by atomic mass is 16.5. The summed E-state index contributed by atoms with van der Waals surface area (Å²) in [4.78, 5) is 13.9. The molecule has 0 bridgehead atoms. The number of rotatable bonds is 4. The molecule has 6 heteroatoms. The number of anilines is 1. The van der Waals surface area contributed by atoms with Gasteiger partial charge in [-0.2, -0.15) is 0 Å². The molecule has 6 nitrogen and oxygen atoms in total. The third kappa shape index (κ3) is 2.73. The minimum absolute atomic E-state index is 0.332. The number of carbonyl (C=O) groups is 1. The second-order valence-corrected chi connectivity index (χ2v) is 4.19. The van der Waals surface area contributed by atoms with Gasteiger partial charge in [0.15, 0.2) is 0 Å². The van der Waals surface area contributed by atoms with Crippen molar-refractivity contribution in [2.24, 2.45) is 0 Å². The van der Waals surface area contributed by atoms with Gasteiger partial charge in [0.05, 0.1) is 17.9 Å². The van der Waals surface area contributed by atoms with E-state index in [1.165, 1.54) is 0 Å². The van der Waals surface area contributed by atoms with Gasteiger partial charge in [-0.1, -0.05) is 0 Å². The maximum Gasteiger partial charge on any atom is 0.340 e. The van der Waals surface area contributed by atoms with Crippen molar-refractivity contribution < 1.29 is 9.53 Å². The lowest BCUT2D eigenvalue weighted by Crippen LogP contribution is -2.16. The van der Waals surface area contributed by atoms with Gasteiger partial charge in [-0.3, -0.25) is 4.57 Å². The van der Waals surface area contributed by atoms with Crippen LogP contribution in [0.15, 0.2) is 30.9 Å². The number of aromatic nitrogens is 3. The number of hydrogen-bond donors (Lipinski definition) is 0. The van der Waals surface area contributed by atoms with Crippen molar-refractivity contribution in [2.75, 3.05) is 25.6 Å². The van der Waals surface area contributed by atoms with Gasteiger partial charge in [0.25, 0.3) is 0 Å². The molecule has 1 aromatic carbocycles. The van der Waals surface area contributed by atoms with E-state index in [0.717, 1.165) is 11.4 Å². The molecule has 0 saturated carbocycles. The standard InChI is InChI=1S/C13H16N4O2/c1-4-19-13(18)11-7-10(17-8-14-15-9-17)5-6-12(11)16(2)3/h5-9H,4H2,1-3H3. The fourth-order valence-corrected chi connectivity index (χ4v) is 1.78. The smallest absolute Gasteiger partial charge is 0.340 e. The Morgan fingerprint density at radius 3 is 2.58 bits per heavy atom. The maximum atomic E-state index is 12.0. The Balaban J connectivity index is 2.47. The van der Waals surface area contributed by atoms with Crippen molar-refractivity contribution in [3.63, 3.8) is 0 Å². The van der Waals surface area contributed by atoms with E-state index < -0.39 is 0 Å². The van der Waals surface area contributed by atoms with Crippen LogP contribution in [-0.4, -0.2) is 41.4 Å². The van der Waals surface area contributed by atoms with E-state index in [1.54, 1.807) is 30.2 Å². The molecule has 100 valence electrons. The third-order valence-corrected chi connectivity index (χ3v) is 2.67. The summed E-state index contributed by atoms with van der Waals surface area (Å²) in [5.74, 6) is -0.332. The molecule has 1 aromatic heterocycles. The molecule has 0 N–H and O–H groups in total. The highest BCUT2D eigenvalue weighted by molar-refractivity contribution is 5.96.